The number of hydrogen-bond acceptors (Lipinski definition) is 5. The predicted molar refractivity (Wildman–Crippen MR) is 97.6 cm³/mol. The number of aliphatic hydroxyl groups excluding tert-OH is 1. The highest BCUT2D eigenvalue weighted by Crippen LogP contribution is 2.12. The molecule has 0 aliphatic carbocycles. The molecule has 1 aliphatic heterocycles. The lowest BCUT2D eigenvalue weighted by Gasteiger charge is -2.35. The summed E-state index contributed by atoms with van der Waals surface area (Å²) >= 11 is 0. The lowest BCUT2D eigenvalue weighted by Crippen LogP contribution is -2.48. The molecule has 0 saturated carbocycles. The molecule has 0 bridgehead atoms. The molecule has 1 atom stereocenters. The maximum Gasteiger partial charge on any atom is 0.119 e. The first kappa shape index (κ1) is 17.9. The molecule has 1 aromatic heterocycles. The SMILES string of the molecule is Cc1ccc(OC[C@H](O)CN2CCN(Cc3cnn(C)c3)CC2)cc1. The highest BCUT2D eigenvalue weighted by Gasteiger charge is 2.19. The zero-order chi connectivity index (χ0) is 17.6. The fourth-order valence-corrected chi connectivity index (χ4v) is 3.12. The van der Waals surface area contributed by atoms with Crippen molar-refractivity contribution in [3.63, 3.8) is 0 Å². The van der Waals surface area contributed by atoms with Gasteiger partial charge in [0.2, 0.25) is 0 Å². The Hall–Kier alpha value is -1.89. The van der Waals surface area contributed by atoms with E-state index < -0.39 is 6.10 Å². The zero-order valence-corrected chi connectivity index (χ0v) is 15.1. The number of nitrogens with zero attached hydrogens (tertiary/aromatic N) is 4. The van der Waals surface area contributed by atoms with Gasteiger partial charge in [0.1, 0.15) is 18.5 Å². The molecule has 0 amide bonds. The second-order valence-electron chi connectivity index (χ2n) is 6.88. The molecular formula is C19H28N4O2. The van der Waals surface area contributed by atoms with E-state index in [2.05, 4.69) is 21.1 Å². The lowest BCUT2D eigenvalue weighted by molar-refractivity contribution is 0.0446. The second-order valence-corrected chi connectivity index (χ2v) is 6.88. The molecular weight excluding hydrogens is 316 g/mol. The molecule has 25 heavy (non-hydrogen) atoms. The molecule has 0 spiro atoms. The summed E-state index contributed by atoms with van der Waals surface area (Å²) in [5.74, 6) is 0.811. The van der Waals surface area contributed by atoms with Crippen LogP contribution in [0.4, 0.5) is 0 Å². The third-order valence-electron chi connectivity index (χ3n) is 4.56. The van der Waals surface area contributed by atoms with Crippen LogP contribution in [0.15, 0.2) is 36.7 Å². The van der Waals surface area contributed by atoms with Crippen LogP contribution in [-0.4, -0.2) is 70.1 Å². The second kappa shape index (κ2) is 8.47. The number of aryl methyl sites for hydroxylation is 2. The van der Waals surface area contributed by atoms with Crippen molar-refractivity contribution < 1.29 is 9.84 Å². The molecule has 2 heterocycles. The van der Waals surface area contributed by atoms with Gasteiger partial charge >= 0.3 is 0 Å². The Morgan fingerprint density at radius 1 is 1.12 bits per heavy atom. The smallest absolute Gasteiger partial charge is 0.119 e. The Bertz CT molecular complexity index is 648. The van der Waals surface area contributed by atoms with E-state index in [0.29, 0.717) is 13.2 Å². The molecule has 1 saturated heterocycles. The van der Waals surface area contributed by atoms with E-state index in [0.717, 1.165) is 38.5 Å². The molecule has 1 N–H and O–H groups in total. The highest BCUT2D eigenvalue weighted by molar-refractivity contribution is 5.26. The summed E-state index contributed by atoms with van der Waals surface area (Å²) in [6.45, 7) is 7.96. The number of benzene rings is 1. The maximum absolute atomic E-state index is 10.2. The summed E-state index contributed by atoms with van der Waals surface area (Å²) in [5.41, 5.74) is 2.46. The summed E-state index contributed by atoms with van der Waals surface area (Å²) in [5, 5.41) is 14.4. The minimum atomic E-state index is -0.467. The summed E-state index contributed by atoms with van der Waals surface area (Å²) < 4.78 is 7.51. The van der Waals surface area contributed by atoms with Gasteiger partial charge in [-0.25, -0.2) is 0 Å². The first-order chi connectivity index (χ1) is 12.1. The van der Waals surface area contributed by atoms with Crippen LogP contribution in [-0.2, 0) is 13.6 Å². The lowest BCUT2D eigenvalue weighted by atomic mass is 10.2. The largest absolute Gasteiger partial charge is 0.491 e. The quantitative estimate of drug-likeness (QED) is 0.820. The fourth-order valence-electron chi connectivity index (χ4n) is 3.12. The molecule has 1 aromatic carbocycles. The van der Waals surface area contributed by atoms with Crippen molar-refractivity contribution in [3.8, 4) is 5.75 Å². The van der Waals surface area contributed by atoms with Crippen LogP contribution in [0.5, 0.6) is 5.75 Å². The Morgan fingerprint density at radius 3 is 2.44 bits per heavy atom. The van der Waals surface area contributed by atoms with Crippen molar-refractivity contribution in [1.82, 2.24) is 19.6 Å². The van der Waals surface area contributed by atoms with E-state index in [1.54, 1.807) is 0 Å². The van der Waals surface area contributed by atoms with Crippen molar-refractivity contribution in [2.45, 2.75) is 19.6 Å². The number of hydrogen-bond donors (Lipinski definition) is 1. The molecule has 2 aromatic rings. The summed E-state index contributed by atoms with van der Waals surface area (Å²) in [7, 11) is 1.95. The Balaban J connectivity index is 1.35. The fraction of sp³-hybridized carbons (Fsp3) is 0.526. The van der Waals surface area contributed by atoms with E-state index in [4.69, 9.17) is 4.74 Å². The van der Waals surface area contributed by atoms with Gasteiger partial charge in [0, 0.05) is 58.1 Å². The topological polar surface area (TPSA) is 53.8 Å². The van der Waals surface area contributed by atoms with Gasteiger partial charge < -0.3 is 9.84 Å². The third-order valence-corrected chi connectivity index (χ3v) is 4.56. The van der Waals surface area contributed by atoms with Crippen LogP contribution in [0, 0.1) is 6.92 Å². The van der Waals surface area contributed by atoms with Crippen molar-refractivity contribution in [1.29, 1.82) is 0 Å². The average Bonchev–Trinajstić information content (AvgIpc) is 3.01. The van der Waals surface area contributed by atoms with E-state index >= 15 is 0 Å². The standard InChI is InChI=1S/C19H28N4O2/c1-16-3-5-19(6-4-16)25-15-18(24)14-23-9-7-22(8-10-23)13-17-11-20-21(2)12-17/h3-6,11-12,18,24H,7-10,13-15H2,1-2H3/t18-/m1/s1. The molecule has 0 radical (unpaired) electrons. The first-order valence-electron chi connectivity index (χ1n) is 8.88. The van der Waals surface area contributed by atoms with E-state index in [9.17, 15) is 5.11 Å². The Morgan fingerprint density at radius 2 is 1.80 bits per heavy atom. The average molecular weight is 344 g/mol. The monoisotopic (exact) mass is 344 g/mol. The van der Waals surface area contributed by atoms with Crippen LogP contribution in [0.3, 0.4) is 0 Å². The highest BCUT2D eigenvalue weighted by atomic mass is 16.5. The molecule has 1 fully saturated rings. The van der Waals surface area contributed by atoms with Crippen LogP contribution in [0.25, 0.3) is 0 Å². The van der Waals surface area contributed by atoms with Crippen LogP contribution >= 0.6 is 0 Å². The predicted octanol–water partition coefficient (Wildman–Crippen LogP) is 1.29. The zero-order valence-electron chi connectivity index (χ0n) is 15.1. The van der Waals surface area contributed by atoms with Gasteiger partial charge in [-0.1, -0.05) is 17.7 Å². The summed E-state index contributed by atoms with van der Waals surface area (Å²) in [4.78, 5) is 4.74. The minimum absolute atomic E-state index is 0.332. The van der Waals surface area contributed by atoms with Crippen molar-refractivity contribution in [3.05, 3.63) is 47.8 Å². The van der Waals surface area contributed by atoms with Crippen molar-refractivity contribution in [2.24, 2.45) is 7.05 Å². The number of aromatic nitrogens is 2. The summed E-state index contributed by atoms with van der Waals surface area (Å²) in [6, 6.07) is 7.92. The molecule has 1 aliphatic rings. The molecule has 3 rings (SSSR count). The van der Waals surface area contributed by atoms with E-state index in [1.807, 2.05) is 49.1 Å². The van der Waals surface area contributed by atoms with Crippen LogP contribution in [0.2, 0.25) is 0 Å². The van der Waals surface area contributed by atoms with Gasteiger partial charge in [0.25, 0.3) is 0 Å². The van der Waals surface area contributed by atoms with E-state index in [-0.39, 0.29) is 0 Å². The third kappa shape index (κ3) is 5.56. The maximum atomic E-state index is 10.2. The van der Waals surface area contributed by atoms with Gasteiger partial charge in [-0.3, -0.25) is 14.5 Å². The Kier molecular flexibility index (Phi) is 6.07. The van der Waals surface area contributed by atoms with Gasteiger partial charge in [-0.05, 0) is 19.1 Å². The van der Waals surface area contributed by atoms with Gasteiger partial charge in [-0.2, -0.15) is 5.10 Å². The van der Waals surface area contributed by atoms with Gasteiger partial charge in [-0.15, -0.1) is 0 Å². The molecule has 136 valence electrons. The van der Waals surface area contributed by atoms with Gasteiger partial charge in [0.05, 0.1) is 6.20 Å². The number of piperazine rings is 1. The normalized spacial score (nSPS) is 17.6. The number of β-amino-alcohol motifs (C(OH)–C–C–N with tert-alkyl or cyclic N) is 1. The van der Waals surface area contributed by atoms with Crippen LogP contribution in [0.1, 0.15) is 11.1 Å². The number of rotatable bonds is 7. The van der Waals surface area contributed by atoms with Crippen molar-refractivity contribution in [2.75, 3.05) is 39.3 Å². The Labute approximate surface area is 149 Å². The molecule has 6 heteroatoms. The van der Waals surface area contributed by atoms with Crippen molar-refractivity contribution >= 4 is 0 Å². The molecule has 6 nitrogen and oxygen atoms in total. The summed E-state index contributed by atoms with van der Waals surface area (Å²) in [6.07, 6.45) is 3.53. The number of aliphatic hydroxyl groups is 1. The van der Waals surface area contributed by atoms with Gasteiger partial charge in [0.15, 0.2) is 0 Å². The van der Waals surface area contributed by atoms with E-state index in [1.165, 1.54) is 11.1 Å². The molecule has 0 unspecified atom stereocenters. The first-order valence-corrected chi connectivity index (χ1v) is 8.88. The van der Waals surface area contributed by atoms with Crippen LogP contribution < -0.4 is 4.74 Å². The number of ether oxygens (including phenoxy) is 1. The minimum Gasteiger partial charge on any atom is -0.491 e.